The number of hydrogen-bond donors (Lipinski definition) is 2. The summed E-state index contributed by atoms with van der Waals surface area (Å²) < 4.78 is 5.40. The summed E-state index contributed by atoms with van der Waals surface area (Å²) in [5, 5.41) is 11.6. The van der Waals surface area contributed by atoms with Gasteiger partial charge in [-0.25, -0.2) is 4.79 Å². The summed E-state index contributed by atoms with van der Waals surface area (Å²) in [5.74, 6) is 1.16. The van der Waals surface area contributed by atoms with Crippen molar-refractivity contribution in [3.05, 3.63) is 83.6 Å². The lowest BCUT2D eigenvalue weighted by Crippen LogP contribution is -2.48. The van der Waals surface area contributed by atoms with Crippen LogP contribution in [0.5, 0.6) is 0 Å². The average molecular weight is 489 g/mol. The number of urea groups is 1. The van der Waals surface area contributed by atoms with Gasteiger partial charge in [0.15, 0.2) is 0 Å². The fourth-order valence-electron chi connectivity index (χ4n) is 3.82. The van der Waals surface area contributed by atoms with Gasteiger partial charge in [-0.2, -0.15) is 4.98 Å². The van der Waals surface area contributed by atoms with Crippen LogP contribution in [0.2, 0.25) is 0 Å². The molecule has 0 aliphatic carbocycles. The Morgan fingerprint density at radius 2 is 1.60 bits per heavy atom. The van der Waals surface area contributed by atoms with Gasteiger partial charge in [-0.3, -0.25) is 9.69 Å². The van der Waals surface area contributed by atoms with E-state index in [1.807, 2.05) is 52.7 Å². The minimum atomic E-state index is -0.338. The number of amides is 3. The van der Waals surface area contributed by atoms with Gasteiger partial charge in [-0.1, -0.05) is 29.4 Å². The zero-order valence-electron chi connectivity index (χ0n) is 18.9. The largest absolute Gasteiger partial charge is 0.338 e. The maximum Gasteiger partial charge on any atom is 0.323 e. The monoisotopic (exact) mass is 488 g/mol. The number of thiophene rings is 1. The van der Waals surface area contributed by atoms with Gasteiger partial charge in [-0.05, 0) is 47.8 Å². The third-order valence-electron chi connectivity index (χ3n) is 5.65. The van der Waals surface area contributed by atoms with Crippen molar-refractivity contribution in [3.8, 4) is 10.7 Å². The molecule has 0 bridgehead atoms. The van der Waals surface area contributed by atoms with E-state index in [9.17, 15) is 9.59 Å². The SMILES string of the molecule is O=C(Nc1ccccc1)Nc1ccc(C(=O)N2CCN(Cc3nc(-c4cccs4)no3)CC2)cc1. The van der Waals surface area contributed by atoms with Crippen molar-refractivity contribution >= 4 is 34.6 Å². The lowest BCUT2D eigenvalue weighted by molar-refractivity contribution is 0.0615. The van der Waals surface area contributed by atoms with Gasteiger partial charge in [0.1, 0.15) is 0 Å². The van der Waals surface area contributed by atoms with Crippen LogP contribution in [-0.2, 0) is 6.54 Å². The summed E-state index contributed by atoms with van der Waals surface area (Å²) in [7, 11) is 0. The molecule has 0 saturated carbocycles. The molecule has 4 aromatic rings. The highest BCUT2D eigenvalue weighted by Crippen LogP contribution is 2.22. The van der Waals surface area contributed by atoms with Crippen molar-refractivity contribution < 1.29 is 14.1 Å². The summed E-state index contributed by atoms with van der Waals surface area (Å²) >= 11 is 1.57. The van der Waals surface area contributed by atoms with Crippen molar-refractivity contribution in [2.75, 3.05) is 36.8 Å². The second-order valence-corrected chi connectivity index (χ2v) is 9.03. The van der Waals surface area contributed by atoms with Gasteiger partial charge < -0.3 is 20.1 Å². The Kier molecular flexibility index (Phi) is 6.82. The van der Waals surface area contributed by atoms with Crippen LogP contribution in [-0.4, -0.2) is 58.1 Å². The molecule has 178 valence electrons. The zero-order chi connectivity index (χ0) is 24.0. The van der Waals surface area contributed by atoms with E-state index in [0.29, 0.717) is 48.3 Å². The smallest absolute Gasteiger partial charge is 0.323 e. The number of carbonyl (C=O) groups is 2. The molecule has 10 heteroatoms. The summed E-state index contributed by atoms with van der Waals surface area (Å²) in [6.45, 7) is 3.24. The summed E-state index contributed by atoms with van der Waals surface area (Å²) in [5.41, 5.74) is 1.91. The number of hydrogen-bond acceptors (Lipinski definition) is 7. The maximum absolute atomic E-state index is 12.9. The number of anilines is 2. The molecule has 0 atom stereocenters. The molecule has 5 rings (SSSR count). The number of piperazine rings is 1. The Morgan fingerprint density at radius 1 is 0.886 bits per heavy atom. The first-order valence-corrected chi connectivity index (χ1v) is 12.1. The van der Waals surface area contributed by atoms with E-state index in [0.717, 1.165) is 18.0 Å². The number of nitrogens with one attached hydrogen (secondary N) is 2. The number of nitrogens with zero attached hydrogens (tertiary/aromatic N) is 4. The Balaban J connectivity index is 1.10. The summed E-state index contributed by atoms with van der Waals surface area (Å²) in [4.78, 5) is 34.6. The molecule has 1 fully saturated rings. The second-order valence-electron chi connectivity index (χ2n) is 8.08. The van der Waals surface area contributed by atoms with Crippen LogP contribution in [0.4, 0.5) is 16.2 Å². The number of aromatic nitrogens is 2. The molecule has 3 heterocycles. The Hall–Kier alpha value is -4.02. The van der Waals surface area contributed by atoms with E-state index in [1.54, 1.807) is 35.6 Å². The predicted molar refractivity (Wildman–Crippen MR) is 134 cm³/mol. The van der Waals surface area contributed by atoms with E-state index in [-0.39, 0.29) is 11.9 Å². The van der Waals surface area contributed by atoms with E-state index in [2.05, 4.69) is 25.7 Å². The molecule has 2 aromatic carbocycles. The molecule has 2 N–H and O–H groups in total. The van der Waals surface area contributed by atoms with Crippen LogP contribution in [0.1, 0.15) is 16.2 Å². The highest BCUT2D eigenvalue weighted by atomic mass is 32.1. The van der Waals surface area contributed by atoms with E-state index >= 15 is 0 Å². The van der Waals surface area contributed by atoms with Crippen molar-refractivity contribution in [1.29, 1.82) is 0 Å². The van der Waals surface area contributed by atoms with Crippen molar-refractivity contribution in [2.45, 2.75) is 6.54 Å². The van der Waals surface area contributed by atoms with E-state index < -0.39 is 0 Å². The molecule has 0 radical (unpaired) electrons. The van der Waals surface area contributed by atoms with Crippen LogP contribution >= 0.6 is 11.3 Å². The Labute approximate surface area is 206 Å². The fraction of sp³-hybridized carbons (Fsp3) is 0.200. The van der Waals surface area contributed by atoms with Crippen molar-refractivity contribution in [1.82, 2.24) is 19.9 Å². The van der Waals surface area contributed by atoms with Crippen LogP contribution in [0.15, 0.2) is 76.6 Å². The van der Waals surface area contributed by atoms with E-state index in [4.69, 9.17) is 4.52 Å². The number of carbonyl (C=O) groups excluding carboxylic acids is 2. The molecule has 1 aliphatic heterocycles. The third kappa shape index (κ3) is 5.73. The lowest BCUT2D eigenvalue weighted by Gasteiger charge is -2.34. The lowest BCUT2D eigenvalue weighted by atomic mass is 10.1. The van der Waals surface area contributed by atoms with Gasteiger partial charge in [0.2, 0.25) is 11.7 Å². The van der Waals surface area contributed by atoms with Crippen molar-refractivity contribution in [3.63, 3.8) is 0 Å². The molecular weight excluding hydrogens is 464 g/mol. The second kappa shape index (κ2) is 10.5. The van der Waals surface area contributed by atoms with E-state index in [1.165, 1.54) is 0 Å². The predicted octanol–water partition coefficient (Wildman–Crippen LogP) is 4.40. The molecule has 0 unspecified atom stereocenters. The minimum absolute atomic E-state index is 0.0253. The summed E-state index contributed by atoms with van der Waals surface area (Å²) in [6, 6.07) is 19.7. The maximum atomic E-state index is 12.9. The molecule has 0 spiro atoms. The summed E-state index contributed by atoms with van der Waals surface area (Å²) in [6.07, 6.45) is 0. The Bertz CT molecular complexity index is 1270. The quantitative estimate of drug-likeness (QED) is 0.417. The first-order valence-electron chi connectivity index (χ1n) is 11.3. The molecule has 1 saturated heterocycles. The molecule has 35 heavy (non-hydrogen) atoms. The van der Waals surface area contributed by atoms with Gasteiger partial charge in [0, 0.05) is 43.1 Å². The molecule has 3 amide bonds. The van der Waals surface area contributed by atoms with Gasteiger partial charge in [0.25, 0.3) is 5.91 Å². The average Bonchev–Trinajstić information content (AvgIpc) is 3.58. The van der Waals surface area contributed by atoms with Crippen LogP contribution in [0.3, 0.4) is 0 Å². The van der Waals surface area contributed by atoms with Crippen LogP contribution in [0, 0.1) is 0 Å². The third-order valence-corrected chi connectivity index (χ3v) is 6.52. The van der Waals surface area contributed by atoms with Gasteiger partial charge in [0.05, 0.1) is 11.4 Å². The van der Waals surface area contributed by atoms with Gasteiger partial charge >= 0.3 is 6.03 Å². The zero-order valence-corrected chi connectivity index (χ0v) is 19.7. The first kappa shape index (κ1) is 22.8. The fourth-order valence-corrected chi connectivity index (χ4v) is 4.47. The molecule has 9 nitrogen and oxygen atoms in total. The number of benzene rings is 2. The first-order chi connectivity index (χ1) is 17.1. The minimum Gasteiger partial charge on any atom is -0.338 e. The molecule has 1 aliphatic rings. The highest BCUT2D eigenvalue weighted by molar-refractivity contribution is 7.13. The molecule has 2 aromatic heterocycles. The van der Waals surface area contributed by atoms with Gasteiger partial charge in [-0.15, -0.1) is 11.3 Å². The number of rotatable bonds is 6. The Morgan fingerprint density at radius 3 is 2.29 bits per heavy atom. The number of para-hydroxylation sites is 1. The highest BCUT2D eigenvalue weighted by Gasteiger charge is 2.23. The molecular formula is C25H24N6O3S. The van der Waals surface area contributed by atoms with Crippen LogP contribution < -0.4 is 10.6 Å². The van der Waals surface area contributed by atoms with Crippen LogP contribution in [0.25, 0.3) is 10.7 Å². The standard InChI is InChI=1S/C25H24N6O3S/c32-24(18-8-10-20(11-9-18)27-25(33)26-19-5-2-1-3-6-19)31-14-12-30(13-15-31)17-22-28-23(29-34-22)21-7-4-16-35-21/h1-11,16H,12-15,17H2,(H2,26,27,33). The normalized spacial score (nSPS) is 14.0. The topological polar surface area (TPSA) is 104 Å². The van der Waals surface area contributed by atoms with Crippen molar-refractivity contribution in [2.24, 2.45) is 0 Å².